The van der Waals surface area contributed by atoms with Gasteiger partial charge in [0.2, 0.25) is 5.91 Å². The minimum absolute atomic E-state index is 0.239. The van der Waals surface area contributed by atoms with Crippen LogP contribution in [0.15, 0.2) is 53.4 Å². The molecule has 0 unspecified atom stereocenters. The summed E-state index contributed by atoms with van der Waals surface area (Å²) in [6.45, 7) is 1.51. The molecule has 0 saturated carbocycles. The van der Waals surface area contributed by atoms with E-state index in [-0.39, 0.29) is 11.4 Å². The highest BCUT2D eigenvalue weighted by atomic mass is 35.5. The molecule has 128 valence electrons. The molecule has 0 heterocycles. The van der Waals surface area contributed by atoms with Crippen molar-refractivity contribution in [3.8, 4) is 5.40 Å². The normalized spacial score (nSPS) is 12.7. The van der Waals surface area contributed by atoms with Gasteiger partial charge in [-0.25, -0.2) is 0 Å². The molecule has 2 rings (SSSR count). The zero-order chi connectivity index (χ0) is 18.4. The van der Waals surface area contributed by atoms with E-state index in [0.29, 0.717) is 16.1 Å². The number of amides is 1. The first-order valence-corrected chi connectivity index (χ1v) is 8.50. The van der Waals surface area contributed by atoms with E-state index in [1.165, 1.54) is 6.92 Å². The number of carbonyl (C=O) groups excluding carboxylic acids is 1. The van der Waals surface area contributed by atoms with E-state index in [1.807, 2.05) is 5.40 Å². The molecule has 0 spiro atoms. The molecule has 0 radical (unpaired) electrons. The monoisotopic (exact) mass is 374 g/mol. The van der Waals surface area contributed by atoms with E-state index < -0.39 is 17.3 Å². The Bertz CT molecular complexity index is 836. The van der Waals surface area contributed by atoms with Crippen LogP contribution >= 0.6 is 23.4 Å². The van der Waals surface area contributed by atoms with Gasteiger partial charge in [0.1, 0.15) is 5.40 Å². The van der Waals surface area contributed by atoms with Gasteiger partial charge in [-0.05, 0) is 42.4 Å². The molecule has 0 bridgehead atoms. The molecular formula is C18H15ClN2O3S. The molecule has 0 saturated heterocycles. The number of nitrogens with zero attached hydrogens (tertiary/aromatic N) is 1. The van der Waals surface area contributed by atoms with Crippen LogP contribution in [-0.4, -0.2) is 17.0 Å². The summed E-state index contributed by atoms with van der Waals surface area (Å²) >= 11 is 7.07. The van der Waals surface area contributed by atoms with Crippen LogP contribution in [-0.2, 0) is 15.0 Å². The number of rotatable bonds is 6. The summed E-state index contributed by atoms with van der Waals surface area (Å²) in [6, 6.07) is 13.4. The maximum atomic E-state index is 12.4. The third-order valence-corrected chi connectivity index (χ3v) is 4.67. The first kappa shape index (κ1) is 18.8. The Balaban J connectivity index is 2.18. The number of carboxylic acid groups (broad SMARTS) is 1. The average molecular weight is 375 g/mol. The lowest BCUT2D eigenvalue weighted by atomic mass is 9.79. The molecule has 5 nitrogen and oxygen atoms in total. The number of nitrogens with one attached hydrogen (secondary N) is 1. The second-order valence-electron chi connectivity index (χ2n) is 5.56. The number of nitriles is 1. The summed E-state index contributed by atoms with van der Waals surface area (Å²) in [5.41, 5.74) is -0.437. The predicted octanol–water partition coefficient (Wildman–Crippen LogP) is 4.28. The van der Waals surface area contributed by atoms with Gasteiger partial charge in [-0.15, -0.1) is 0 Å². The van der Waals surface area contributed by atoms with Crippen LogP contribution in [0.2, 0.25) is 5.02 Å². The number of carboxylic acids is 1. The van der Waals surface area contributed by atoms with Gasteiger partial charge < -0.3 is 10.4 Å². The van der Waals surface area contributed by atoms with E-state index >= 15 is 0 Å². The molecule has 0 fully saturated rings. The molecule has 25 heavy (non-hydrogen) atoms. The van der Waals surface area contributed by atoms with Crippen LogP contribution in [0.3, 0.4) is 0 Å². The van der Waals surface area contributed by atoms with Crippen LogP contribution in [0.4, 0.5) is 5.69 Å². The van der Waals surface area contributed by atoms with Crippen molar-refractivity contribution in [3.63, 3.8) is 0 Å². The lowest BCUT2D eigenvalue weighted by Gasteiger charge is -2.24. The van der Waals surface area contributed by atoms with Crippen molar-refractivity contribution in [1.29, 1.82) is 5.26 Å². The molecule has 0 aromatic heterocycles. The maximum Gasteiger partial charge on any atom is 0.314 e. The van der Waals surface area contributed by atoms with Crippen molar-refractivity contribution in [1.82, 2.24) is 0 Å². The summed E-state index contributed by atoms with van der Waals surface area (Å²) in [7, 11) is 0. The molecule has 0 aliphatic carbocycles. The second kappa shape index (κ2) is 8.06. The predicted molar refractivity (Wildman–Crippen MR) is 97.6 cm³/mol. The molecule has 0 aliphatic heterocycles. The Morgan fingerprint density at radius 3 is 2.52 bits per heavy atom. The molecule has 2 N–H and O–H groups in total. The largest absolute Gasteiger partial charge is 0.481 e. The minimum atomic E-state index is -1.35. The van der Waals surface area contributed by atoms with Gasteiger partial charge in [0.25, 0.3) is 0 Å². The van der Waals surface area contributed by atoms with Crippen molar-refractivity contribution in [2.45, 2.75) is 23.7 Å². The van der Waals surface area contributed by atoms with Gasteiger partial charge in [0, 0.05) is 11.3 Å². The lowest BCUT2D eigenvalue weighted by Crippen LogP contribution is -2.36. The number of carbonyl (C=O) groups is 2. The van der Waals surface area contributed by atoms with E-state index in [9.17, 15) is 14.7 Å². The smallest absolute Gasteiger partial charge is 0.314 e. The highest BCUT2D eigenvalue weighted by Gasteiger charge is 2.37. The standard InChI is InChI=1S/C18H15ClN2O3S/c1-18(17(23)24,12-5-3-2-4-6-12)10-16(22)21-15-8-7-13(25-11-20)9-14(15)19/h2-9H,10H2,1H3,(H,21,22)(H,23,24)/t18-/m1/s1. The maximum absolute atomic E-state index is 12.4. The highest BCUT2D eigenvalue weighted by molar-refractivity contribution is 8.03. The third kappa shape index (κ3) is 4.53. The van der Waals surface area contributed by atoms with Crippen molar-refractivity contribution >= 4 is 40.9 Å². The van der Waals surface area contributed by atoms with Gasteiger partial charge in [-0.2, -0.15) is 5.26 Å². The SMILES string of the molecule is C[C@](CC(=O)Nc1ccc(SC#N)cc1Cl)(C(=O)O)c1ccccc1. The van der Waals surface area contributed by atoms with Gasteiger partial charge in [-0.1, -0.05) is 41.9 Å². The summed E-state index contributed by atoms with van der Waals surface area (Å²) < 4.78 is 0. The third-order valence-electron chi connectivity index (χ3n) is 3.78. The topological polar surface area (TPSA) is 90.2 Å². The molecule has 2 aromatic rings. The number of hydrogen-bond donors (Lipinski definition) is 2. The summed E-state index contributed by atoms with van der Waals surface area (Å²) in [6.07, 6.45) is -0.239. The van der Waals surface area contributed by atoms with Crippen LogP contribution in [0.5, 0.6) is 0 Å². The number of hydrogen-bond acceptors (Lipinski definition) is 4. The second-order valence-corrected chi connectivity index (χ2v) is 6.83. The highest BCUT2D eigenvalue weighted by Crippen LogP contribution is 2.31. The molecule has 1 amide bonds. The first-order valence-electron chi connectivity index (χ1n) is 7.31. The summed E-state index contributed by atoms with van der Waals surface area (Å²) in [4.78, 5) is 24.8. The number of halogens is 1. The van der Waals surface area contributed by atoms with E-state index in [2.05, 4.69) is 5.32 Å². The summed E-state index contributed by atoms with van der Waals surface area (Å²) in [5.74, 6) is -1.54. The number of thioether (sulfide) groups is 1. The Morgan fingerprint density at radius 2 is 1.96 bits per heavy atom. The number of aliphatic carboxylic acids is 1. The molecule has 7 heteroatoms. The van der Waals surface area contributed by atoms with E-state index in [1.54, 1.807) is 48.5 Å². The molecular weight excluding hydrogens is 360 g/mol. The molecule has 1 atom stereocenters. The quantitative estimate of drug-likeness (QED) is 0.581. The van der Waals surface area contributed by atoms with Gasteiger partial charge in [0.05, 0.1) is 16.1 Å². The Labute approximate surface area is 154 Å². The minimum Gasteiger partial charge on any atom is -0.481 e. The number of anilines is 1. The number of benzene rings is 2. The zero-order valence-electron chi connectivity index (χ0n) is 13.3. The fraction of sp³-hybridized carbons (Fsp3) is 0.167. The van der Waals surface area contributed by atoms with Crippen molar-refractivity contribution in [2.24, 2.45) is 0 Å². The van der Waals surface area contributed by atoms with Crippen molar-refractivity contribution in [2.75, 3.05) is 5.32 Å². The van der Waals surface area contributed by atoms with Gasteiger partial charge in [0.15, 0.2) is 0 Å². The Morgan fingerprint density at radius 1 is 1.28 bits per heavy atom. The first-order chi connectivity index (χ1) is 11.9. The average Bonchev–Trinajstić information content (AvgIpc) is 2.58. The molecule has 0 aliphatic rings. The fourth-order valence-electron chi connectivity index (χ4n) is 2.34. The van der Waals surface area contributed by atoms with E-state index in [4.69, 9.17) is 16.9 Å². The van der Waals surface area contributed by atoms with Gasteiger partial charge in [-0.3, -0.25) is 9.59 Å². The van der Waals surface area contributed by atoms with Crippen molar-refractivity contribution < 1.29 is 14.7 Å². The Hall–Kier alpha value is -2.49. The Kier molecular flexibility index (Phi) is 6.07. The van der Waals surface area contributed by atoms with Crippen LogP contribution < -0.4 is 5.32 Å². The molecule has 2 aromatic carbocycles. The van der Waals surface area contributed by atoms with Crippen LogP contribution in [0, 0.1) is 10.7 Å². The number of thiocyanates is 1. The van der Waals surface area contributed by atoms with E-state index in [0.717, 1.165) is 11.8 Å². The fourth-order valence-corrected chi connectivity index (χ4v) is 3.05. The lowest BCUT2D eigenvalue weighted by molar-refractivity contribution is -0.145. The van der Waals surface area contributed by atoms with Crippen LogP contribution in [0.25, 0.3) is 0 Å². The zero-order valence-corrected chi connectivity index (χ0v) is 14.9. The van der Waals surface area contributed by atoms with Gasteiger partial charge >= 0.3 is 5.97 Å². The van der Waals surface area contributed by atoms with Crippen LogP contribution in [0.1, 0.15) is 18.9 Å². The summed E-state index contributed by atoms with van der Waals surface area (Å²) in [5, 5.41) is 23.1. The van der Waals surface area contributed by atoms with Crippen molar-refractivity contribution in [3.05, 3.63) is 59.1 Å².